The summed E-state index contributed by atoms with van der Waals surface area (Å²) >= 11 is 0. The van der Waals surface area contributed by atoms with Crippen molar-refractivity contribution in [2.24, 2.45) is 0 Å². The minimum absolute atomic E-state index is 0.0895. The predicted octanol–water partition coefficient (Wildman–Crippen LogP) is 1.52. The van der Waals surface area contributed by atoms with Crippen LogP contribution in [0.3, 0.4) is 0 Å². The average molecular weight is 317 g/mol. The molecule has 1 atom stereocenters. The van der Waals surface area contributed by atoms with E-state index in [0.29, 0.717) is 37.4 Å². The molecule has 2 fully saturated rings. The Hall–Kier alpha value is -1.97. The van der Waals surface area contributed by atoms with Crippen LogP contribution in [0.4, 0.5) is 4.39 Å². The van der Waals surface area contributed by atoms with Gasteiger partial charge in [0.05, 0.1) is 11.6 Å². The molecule has 1 aromatic carbocycles. The Morgan fingerprint density at radius 2 is 2.13 bits per heavy atom. The van der Waals surface area contributed by atoms with E-state index in [1.807, 2.05) is 11.0 Å². The summed E-state index contributed by atoms with van der Waals surface area (Å²) in [4.78, 5) is 16.3. The highest BCUT2D eigenvalue weighted by molar-refractivity contribution is 5.81. The number of benzene rings is 1. The van der Waals surface area contributed by atoms with E-state index in [4.69, 9.17) is 10.00 Å². The second-order valence-corrected chi connectivity index (χ2v) is 6.02. The van der Waals surface area contributed by atoms with Gasteiger partial charge in [-0.2, -0.15) is 5.26 Å². The number of carbonyl (C=O) groups excluding carboxylic acids is 1. The first-order valence-corrected chi connectivity index (χ1v) is 7.98. The van der Waals surface area contributed by atoms with Crippen LogP contribution in [0.2, 0.25) is 0 Å². The maximum atomic E-state index is 13.9. The van der Waals surface area contributed by atoms with Gasteiger partial charge in [0.1, 0.15) is 11.9 Å². The highest BCUT2D eigenvalue weighted by atomic mass is 19.1. The van der Waals surface area contributed by atoms with Gasteiger partial charge in [-0.05, 0) is 25.0 Å². The average Bonchev–Trinajstić information content (AvgIpc) is 3.11. The largest absolute Gasteiger partial charge is 0.368 e. The molecule has 0 saturated carbocycles. The number of ether oxygens (including phenoxy) is 1. The standard InChI is InChI=1S/C17H20FN3O2/c18-15-10-13(11-19)3-4-14(15)12-20-5-7-21(8-6-20)17(22)16-2-1-9-23-16/h3-4,10,16H,1-2,5-9,12H2. The van der Waals surface area contributed by atoms with Crippen molar-refractivity contribution in [2.45, 2.75) is 25.5 Å². The molecule has 0 bridgehead atoms. The molecule has 0 spiro atoms. The highest BCUT2D eigenvalue weighted by Crippen LogP contribution is 2.17. The first-order chi connectivity index (χ1) is 11.2. The number of amides is 1. The maximum absolute atomic E-state index is 13.9. The summed E-state index contributed by atoms with van der Waals surface area (Å²) < 4.78 is 19.4. The van der Waals surface area contributed by atoms with Gasteiger partial charge in [-0.15, -0.1) is 0 Å². The van der Waals surface area contributed by atoms with Gasteiger partial charge in [-0.1, -0.05) is 6.07 Å². The Kier molecular flexibility index (Phi) is 4.89. The smallest absolute Gasteiger partial charge is 0.251 e. The van der Waals surface area contributed by atoms with Crippen LogP contribution in [-0.2, 0) is 16.1 Å². The summed E-state index contributed by atoms with van der Waals surface area (Å²) in [6.45, 7) is 3.91. The lowest BCUT2D eigenvalue weighted by Gasteiger charge is -2.35. The topological polar surface area (TPSA) is 56.6 Å². The molecular formula is C17H20FN3O2. The SMILES string of the molecule is N#Cc1ccc(CN2CCN(C(=O)C3CCCO3)CC2)c(F)c1. The fourth-order valence-corrected chi connectivity index (χ4v) is 3.09. The van der Waals surface area contributed by atoms with E-state index in [1.165, 1.54) is 6.07 Å². The monoisotopic (exact) mass is 317 g/mol. The molecule has 23 heavy (non-hydrogen) atoms. The Balaban J connectivity index is 1.53. The fourth-order valence-electron chi connectivity index (χ4n) is 3.09. The number of nitriles is 1. The number of rotatable bonds is 3. The minimum Gasteiger partial charge on any atom is -0.368 e. The van der Waals surface area contributed by atoms with Crippen molar-refractivity contribution >= 4 is 5.91 Å². The van der Waals surface area contributed by atoms with Crippen molar-refractivity contribution in [3.63, 3.8) is 0 Å². The van der Waals surface area contributed by atoms with Gasteiger partial charge in [0.2, 0.25) is 0 Å². The van der Waals surface area contributed by atoms with E-state index in [1.54, 1.807) is 12.1 Å². The van der Waals surface area contributed by atoms with Crippen LogP contribution in [-0.4, -0.2) is 54.6 Å². The van der Waals surface area contributed by atoms with E-state index >= 15 is 0 Å². The Morgan fingerprint density at radius 3 is 2.74 bits per heavy atom. The zero-order chi connectivity index (χ0) is 16.2. The lowest BCUT2D eigenvalue weighted by molar-refractivity contribution is -0.142. The molecule has 5 nitrogen and oxygen atoms in total. The Bertz CT molecular complexity index is 615. The maximum Gasteiger partial charge on any atom is 0.251 e. The summed E-state index contributed by atoms with van der Waals surface area (Å²) in [6.07, 6.45) is 1.50. The van der Waals surface area contributed by atoms with E-state index < -0.39 is 0 Å². The molecule has 0 aliphatic carbocycles. The molecule has 6 heteroatoms. The molecule has 1 amide bonds. The number of halogens is 1. The minimum atomic E-state index is -0.345. The van der Waals surface area contributed by atoms with Crippen molar-refractivity contribution in [2.75, 3.05) is 32.8 Å². The lowest BCUT2D eigenvalue weighted by atomic mass is 10.1. The summed E-state index contributed by atoms with van der Waals surface area (Å²) in [6, 6.07) is 6.50. The quantitative estimate of drug-likeness (QED) is 0.848. The van der Waals surface area contributed by atoms with Crippen molar-refractivity contribution in [3.05, 3.63) is 35.1 Å². The number of hydrogen-bond donors (Lipinski definition) is 0. The van der Waals surface area contributed by atoms with Gasteiger partial charge in [-0.3, -0.25) is 9.69 Å². The summed E-state index contributed by atoms with van der Waals surface area (Å²) in [5, 5.41) is 8.77. The Morgan fingerprint density at radius 1 is 1.35 bits per heavy atom. The third-order valence-electron chi connectivity index (χ3n) is 4.47. The first kappa shape index (κ1) is 15.9. The number of carbonyl (C=O) groups is 1. The van der Waals surface area contributed by atoms with Gasteiger partial charge in [0.15, 0.2) is 0 Å². The molecule has 2 saturated heterocycles. The fraction of sp³-hybridized carbons (Fsp3) is 0.529. The number of nitrogens with zero attached hydrogens (tertiary/aromatic N) is 3. The lowest BCUT2D eigenvalue weighted by Crippen LogP contribution is -2.51. The third kappa shape index (κ3) is 3.69. The molecule has 1 unspecified atom stereocenters. The van der Waals surface area contributed by atoms with E-state index in [0.717, 1.165) is 25.9 Å². The summed E-state index contributed by atoms with van der Waals surface area (Å²) in [5.41, 5.74) is 0.918. The van der Waals surface area contributed by atoms with Crippen LogP contribution >= 0.6 is 0 Å². The summed E-state index contributed by atoms with van der Waals surface area (Å²) in [7, 11) is 0. The Labute approximate surface area is 135 Å². The van der Waals surface area contributed by atoms with E-state index in [9.17, 15) is 9.18 Å². The van der Waals surface area contributed by atoms with Crippen LogP contribution in [0.5, 0.6) is 0 Å². The highest BCUT2D eigenvalue weighted by Gasteiger charge is 2.30. The first-order valence-electron chi connectivity index (χ1n) is 7.98. The van der Waals surface area contributed by atoms with Crippen LogP contribution in [0, 0.1) is 17.1 Å². The van der Waals surface area contributed by atoms with Crippen LogP contribution in [0.15, 0.2) is 18.2 Å². The predicted molar refractivity (Wildman–Crippen MR) is 81.9 cm³/mol. The van der Waals surface area contributed by atoms with Crippen molar-refractivity contribution in [3.8, 4) is 6.07 Å². The van der Waals surface area contributed by atoms with Gasteiger partial charge in [-0.25, -0.2) is 4.39 Å². The molecule has 122 valence electrons. The van der Waals surface area contributed by atoms with Crippen molar-refractivity contribution in [1.82, 2.24) is 9.80 Å². The zero-order valence-electron chi connectivity index (χ0n) is 13.0. The van der Waals surface area contributed by atoms with Crippen LogP contribution < -0.4 is 0 Å². The molecule has 0 N–H and O–H groups in total. The molecule has 0 radical (unpaired) electrons. The van der Waals surface area contributed by atoms with Crippen LogP contribution in [0.25, 0.3) is 0 Å². The van der Waals surface area contributed by atoms with Gasteiger partial charge in [0, 0.05) is 44.9 Å². The summed E-state index contributed by atoms with van der Waals surface area (Å²) in [5.74, 6) is -0.256. The zero-order valence-corrected chi connectivity index (χ0v) is 13.0. The molecule has 0 aromatic heterocycles. The molecule has 2 aliphatic heterocycles. The number of hydrogen-bond acceptors (Lipinski definition) is 4. The molecule has 1 aromatic rings. The second-order valence-electron chi connectivity index (χ2n) is 6.02. The van der Waals surface area contributed by atoms with Gasteiger partial charge in [0.25, 0.3) is 5.91 Å². The normalized spacial score (nSPS) is 22.1. The van der Waals surface area contributed by atoms with E-state index in [2.05, 4.69) is 4.90 Å². The van der Waals surface area contributed by atoms with Crippen molar-refractivity contribution in [1.29, 1.82) is 5.26 Å². The molecular weight excluding hydrogens is 297 g/mol. The van der Waals surface area contributed by atoms with Crippen LogP contribution in [0.1, 0.15) is 24.0 Å². The molecule has 2 heterocycles. The van der Waals surface area contributed by atoms with Gasteiger partial charge < -0.3 is 9.64 Å². The molecule has 2 aliphatic rings. The molecule has 3 rings (SSSR count). The van der Waals surface area contributed by atoms with Crippen molar-refractivity contribution < 1.29 is 13.9 Å². The third-order valence-corrected chi connectivity index (χ3v) is 4.47. The van der Waals surface area contributed by atoms with E-state index in [-0.39, 0.29) is 17.8 Å². The van der Waals surface area contributed by atoms with Gasteiger partial charge >= 0.3 is 0 Å². The number of piperazine rings is 1. The second kappa shape index (κ2) is 7.07.